The van der Waals surface area contributed by atoms with E-state index in [0.717, 1.165) is 37.8 Å². The standard InChI is InChI=1S/C19H20N4O4S/c24-17(22(15-9-10-15)14-6-2-1-3-7-14)12-28-19-21-20-18(27-19)13-5-4-8-16(11-13)23(25)26/h4-6,8,11,15H,1-3,7,9-10,12H2. The lowest BCUT2D eigenvalue weighted by atomic mass is 10.0. The number of non-ortho nitro benzene ring substituents is 1. The molecule has 0 atom stereocenters. The van der Waals surface area contributed by atoms with Crippen LogP contribution in [0.3, 0.4) is 0 Å². The van der Waals surface area contributed by atoms with E-state index in [1.807, 2.05) is 4.90 Å². The summed E-state index contributed by atoms with van der Waals surface area (Å²) in [6.45, 7) is 0. The lowest BCUT2D eigenvalue weighted by Crippen LogP contribution is -2.34. The van der Waals surface area contributed by atoms with Gasteiger partial charge in [0.05, 0.1) is 10.7 Å². The molecule has 1 amide bonds. The van der Waals surface area contributed by atoms with E-state index < -0.39 is 4.92 Å². The Hall–Kier alpha value is -2.68. The number of nitro benzene ring substituents is 1. The van der Waals surface area contributed by atoms with Crippen LogP contribution >= 0.6 is 11.8 Å². The van der Waals surface area contributed by atoms with Crippen LogP contribution in [-0.4, -0.2) is 37.7 Å². The smallest absolute Gasteiger partial charge is 0.277 e. The number of nitro groups is 1. The fraction of sp³-hybridized carbons (Fsp3) is 0.421. The Morgan fingerprint density at radius 3 is 2.89 bits per heavy atom. The first-order valence-electron chi connectivity index (χ1n) is 9.34. The van der Waals surface area contributed by atoms with Crippen LogP contribution in [0.2, 0.25) is 0 Å². The number of carbonyl (C=O) groups is 1. The van der Waals surface area contributed by atoms with Crippen LogP contribution < -0.4 is 0 Å². The van der Waals surface area contributed by atoms with Crippen molar-refractivity contribution in [2.45, 2.75) is 49.8 Å². The van der Waals surface area contributed by atoms with Crippen LogP contribution in [0.1, 0.15) is 38.5 Å². The van der Waals surface area contributed by atoms with E-state index in [2.05, 4.69) is 16.3 Å². The van der Waals surface area contributed by atoms with Gasteiger partial charge in [0.1, 0.15) is 0 Å². The zero-order chi connectivity index (χ0) is 19.5. The third-order valence-electron chi connectivity index (χ3n) is 4.79. The second-order valence-corrected chi connectivity index (χ2v) is 7.83. The molecule has 1 fully saturated rings. The van der Waals surface area contributed by atoms with Crippen molar-refractivity contribution < 1.29 is 14.1 Å². The lowest BCUT2D eigenvalue weighted by molar-refractivity contribution is -0.384. The normalized spacial score (nSPS) is 16.5. The molecule has 146 valence electrons. The number of allylic oxidation sites excluding steroid dienone is 2. The molecule has 8 nitrogen and oxygen atoms in total. The maximum Gasteiger partial charge on any atom is 0.277 e. The highest BCUT2D eigenvalue weighted by atomic mass is 32.2. The number of thioether (sulfide) groups is 1. The molecule has 0 saturated heterocycles. The molecule has 1 saturated carbocycles. The monoisotopic (exact) mass is 400 g/mol. The highest BCUT2D eigenvalue weighted by molar-refractivity contribution is 7.99. The summed E-state index contributed by atoms with van der Waals surface area (Å²) >= 11 is 1.20. The minimum atomic E-state index is -0.472. The van der Waals surface area contributed by atoms with E-state index in [1.165, 1.54) is 30.3 Å². The number of hydrogen-bond donors (Lipinski definition) is 0. The van der Waals surface area contributed by atoms with Gasteiger partial charge in [0, 0.05) is 29.4 Å². The fourth-order valence-electron chi connectivity index (χ4n) is 3.30. The van der Waals surface area contributed by atoms with Gasteiger partial charge in [-0.2, -0.15) is 0 Å². The largest absolute Gasteiger partial charge is 0.411 e. The number of aromatic nitrogens is 2. The molecule has 0 aliphatic heterocycles. The van der Waals surface area contributed by atoms with E-state index in [9.17, 15) is 14.9 Å². The number of rotatable bonds is 7. The summed E-state index contributed by atoms with van der Waals surface area (Å²) in [6, 6.07) is 6.36. The van der Waals surface area contributed by atoms with Gasteiger partial charge < -0.3 is 9.32 Å². The zero-order valence-electron chi connectivity index (χ0n) is 15.2. The SMILES string of the molecule is O=C(CSc1nnc(-c2cccc([N+](=O)[O-])c2)o1)N(C1=CCCCC1)C1CC1. The van der Waals surface area contributed by atoms with E-state index in [-0.39, 0.29) is 28.5 Å². The van der Waals surface area contributed by atoms with Crippen molar-refractivity contribution in [1.82, 2.24) is 15.1 Å². The minimum Gasteiger partial charge on any atom is -0.411 e. The number of amides is 1. The summed E-state index contributed by atoms with van der Waals surface area (Å²) in [6.07, 6.45) is 8.63. The van der Waals surface area contributed by atoms with Gasteiger partial charge in [-0.05, 0) is 44.6 Å². The molecule has 0 unspecified atom stereocenters. The van der Waals surface area contributed by atoms with Gasteiger partial charge in [-0.1, -0.05) is 23.9 Å². The molecule has 0 radical (unpaired) electrons. The first kappa shape index (κ1) is 18.7. The highest BCUT2D eigenvalue weighted by Gasteiger charge is 2.35. The van der Waals surface area contributed by atoms with Crippen molar-refractivity contribution in [3.05, 3.63) is 46.2 Å². The molecule has 2 aromatic rings. The van der Waals surface area contributed by atoms with Gasteiger partial charge in [0.15, 0.2) is 0 Å². The van der Waals surface area contributed by atoms with E-state index in [0.29, 0.717) is 11.6 Å². The van der Waals surface area contributed by atoms with Crippen LogP contribution in [0, 0.1) is 10.1 Å². The maximum atomic E-state index is 12.8. The van der Waals surface area contributed by atoms with Crippen molar-refractivity contribution in [2.24, 2.45) is 0 Å². The molecule has 4 rings (SSSR count). The first-order valence-corrected chi connectivity index (χ1v) is 10.3. The lowest BCUT2D eigenvalue weighted by Gasteiger charge is -2.27. The quantitative estimate of drug-likeness (QED) is 0.390. The summed E-state index contributed by atoms with van der Waals surface area (Å²) < 4.78 is 5.59. The zero-order valence-corrected chi connectivity index (χ0v) is 16.1. The van der Waals surface area contributed by atoms with Crippen molar-refractivity contribution >= 4 is 23.4 Å². The predicted octanol–water partition coefficient (Wildman–Crippen LogP) is 4.19. The average molecular weight is 400 g/mol. The molecule has 1 aromatic carbocycles. The number of hydrogen-bond acceptors (Lipinski definition) is 7. The topological polar surface area (TPSA) is 102 Å². The molecule has 2 aliphatic rings. The summed E-state index contributed by atoms with van der Waals surface area (Å²) in [5.41, 5.74) is 1.59. The summed E-state index contributed by atoms with van der Waals surface area (Å²) in [5, 5.41) is 19.1. The van der Waals surface area contributed by atoms with Crippen LogP contribution in [0.5, 0.6) is 0 Å². The van der Waals surface area contributed by atoms with Crippen molar-refractivity contribution in [1.29, 1.82) is 0 Å². The second-order valence-electron chi connectivity index (χ2n) is 6.91. The Morgan fingerprint density at radius 2 is 2.18 bits per heavy atom. The van der Waals surface area contributed by atoms with Gasteiger partial charge in [-0.3, -0.25) is 14.9 Å². The van der Waals surface area contributed by atoms with Gasteiger partial charge >= 0.3 is 0 Å². The third kappa shape index (κ3) is 4.24. The van der Waals surface area contributed by atoms with Crippen LogP contribution in [-0.2, 0) is 4.79 Å². The predicted molar refractivity (Wildman–Crippen MR) is 104 cm³/mol. The van der Waals surface area contributed by atoms with Gasteiger partial charge in [0.25, 0.3) is 10.9 Å². The van der Waals surface area contributed by atoms with Gasteiger partial charge in [-0.15, -0.1) is 10.2 Å². The molecule has 9 heteroatoms. The maximum absolute atomic E-state index is 12.8. The molecule has 1 heterocycles. The van der Waals surface area contributed by atoms with Crippen LogP contribution in [0.25, 0.3) is 11.5 Å². The average Bonchev–Trinajstić information content (AvgIpc) is 3.43. The summed E-state index contributed by atoms with van der Waals surface area (Å²) in [7, 11) is 0. The Morgan fingerprint density at radius 1 is 1.32 bits per heavy atom. The van der Waals surface area contributed by atoms with Crippen molar-refractivity contribution in [2.75, 3.05) is 5.75 Å². The third-order valence-corrected chi connectivity index (χ3v) is 5.59. The fourth-order valence-corrected chi connectivity index (χ4v) is 3.92. The van der Waals surface area contributed by atoms with Crippen molar-refractivity contribution in [3.63, 3.8) is 0 Å². The molecule has 0 spiro atoms. The second kappa shape index (κ2) is 8.14. The Bertz CT molecular complexity index is 922. The van der Waals surface area contributed by atoms with Crippen molar-refractivity contribution in [3.8, 4) is 11.5 Å². The molecular weight excluding hydrogens is 380 g/mol. The molecule has 2 aliphatic carbocycles. The highest BCUT2D eigenvalue weighted by Crippen LogP contribution is 2.35. The van der Waals surface area contributed by atoms with Gasteiger partial charge in [-0.25, -0.2) is 0 Å². The molecule has 0 N–H and O–H groups in total. The van der Waals surface area contributed by atoms with Crippen LogP contribution in [0.15, 0.2) is 45.7 Å². The van der Waals surface area contributed by atoms with Crippen LogP contribution in [0.4, 0.5) is 5.69 Å². The summed E-state index contributed by atoms with van der Waals surface area (Å²) in [5.74, 6) is 0.494. The first-order chi connectivity index (χ1) is 13.6. The Kier molecular flexibility index (Phi) is 5.43. The Balaban J connectivity index is 1.41. The van der Waals surface area contributed by atoms with E-state index in [1.54, 1.807) is 12.1 Å². The number of benzene rings is 1. The molecule has 0 bridgehead atoms. The minimum absolute atomic E-state index is 0.0408. The number of carbonyl (C=O) groups excluding carboxylic acids is 1. The molecule has 1 aromatic heterocycles. The van der Waals surface area contributed by atoms with E-state index >= 15 is 0 Å². The summed E-state index contributed by atoms with van der Waals surface area (Å²) in [4.78, 5) is 25.2. The number of nitrogens with zero attached hydrogens (tertiary/aromatic N) is 4. The molecule has 28 heavy (non-hydrogen) atoms. The molecular formula is C19H20N4O4S. The van der Waals surface area contributed by atoms with E-state index in [4.69, 9.17) is 4.42 Å². The Labute approximate surface area is 166 Å². The van der Waals surface area contributed by atoms with Gasteiger partial charge in [0.2, 0.25) is 11.8 Å².